The Hall–Kier alpha value is -0.800. The lowest BCUT2D eigenvalue weighted by atomic mass is 10.3. The highest BCUT2D eigenvalue weighted by Crippen LogP contribution is 2.22. The summed E-state index contributed by atoms with van der Waals surface area (Å²) >= 11 is 2.86. The summed E-state index contributed by atoms with van der Waals surface area (Å²) in [5.74, 6) is 0. The molecule has 2 heterocycles. The maximum Gasteiger partial charge on any atom is 0.250 e. The minimum atomic E-state index is -3.45. The van der Waals surface area contributed by atoms with Gasteiger partial charge in [0.15, 0.2) is 0 Å². The molecule has 2 rings (SSSR count). The predicted octanol–water partition coefficient (Wildman–Crippen LogP) is 2.01. The Morgan fingerprint density at radius 2 is 2.05 bits per heavy atom. The molecule has 0 saturated heterocycles. The molecule has 116 valence electrons. The van der Waals surface area contributed by atoms with Crippen LogP contribution in [0.15, 0.2) is 22.5 Å². The van der Waals surface area contributed by atoms with E-state index in [0.29, 0.717) is 4.21 Å². The molecule has 0 aromatic carbocycles. The van der Waals surface area contributed by atoms with E-state index >= 15 is 0 Å². The first-order chi connectivity index (χ1) is 10.0. The topological polar surface area (TPSA) is 71.1 Å². The van der Waals surface area contributed by atoms with Gasteiger partial charge >= 0.3 is 0 Å². The van der Waals surface area contributed by atoms with Gasteiger partial charge in [-0.05, 0) is 38.6 Å². The standard InChI is InChI=1S/C13H19N3O2S3/c1-3-10-8-15-12(19-10)9-16-21(17,18)13-5-4-11(20-13)6-7-14-2/h4-5,8,14,16H,3,6-7,9H2,1-2H3. The van der Waals surface area contributed by atoms with Crippen molar-refractivity contribution in [2.24, 2.45) is 0 Å². The third-order valence-electron chi connectivity index (χ3n) is 2.89. The van der Waals surface area contributed by atoms with Gasteiger partial charge in [0.05, 0.1) is 6.54 Å². The Balaban J connectivity index is 1.99. The smallest absolute Gasteiger partial charge is 0.250 e. The highest BCUT2D eigenvalue weighted by Gasteiger charge is 2.17. The van der Waals surface area contributed by atoms with Crippen LogP contribution < -0.4 is 10.0 Å². The highest BCUT2D eigenvalue weighted by atomic mass is 32.2. The van der Waals surface area contributed by atoms with Crippen LogP contribution in [0, 0.1) is 0 Å². The summed E-state index contributed by atoms with van der Waals surface area (Å²) in [7, 11) is -1.57. The SMILES string of the molecule is CCc1cnc(CNS(=O)(=O)c2ccc(CCNC)s2)s1. The monoisotopic (exact) mass is 345 g/mol. The minimum Gasteiger partial charge on any atom is -0.319 e. The first-order valence-corrected chi connectivity index (χ1v) is 9.83. The zero-order valence-corrected chi connectivity index (χ0v) is 14.5. The molecule has 0 fully saturated rings. The molecule has 5 nitrogen and oxygen atoms in total. The Labute approximate surface area is 133 Å². The van der Waals surface area contributed by atoms with Crippen molar-refractivity contribution in [2.75, 3.05) is 13.6 Å². The van der Waals surface area contributed by atoms with E-state index in [1.807, 2.05) is 13.1 Å². The second-order valence-electron chi connectivity index (χ2n) is 4.47. The molecule has 2 N–H and O–H groups in total. The second kappa shape index (κ2) is 7.46. The molecular weight excluding hydrogens is 326 g/mol. The van der Waals surface area contributed by atoms with Crippen molar-refractivity contribution in [3.05, 3.63) is 33.1 Å². The van der Waals surface area contributed by atoms with Crippen molar-refractivity contribution in [1.29, 1.82) is 0 Å². The van der Waals surface area contributed by atoms with Gasteiger partial charge in [-0.15, -0.1) is 22.7 Å². The molecule has 2 aromatic heterocycles. The second-order valence-corrected chi connectivity index (χ2v) is 8.83. The summed E-state index contributed by atoms with van der Waals surface area (Å²) in [4.78, 5) is 6.44. The van der Waals surface area contributed by atoms with Crippen LogP contribution in [0.1, 0.15) is 21.7 Å². The molecule has 0 radical (unpaired) electrons. The van der Waals surface area contributed by atoms with Crippen LogP contribution in [-0.4, -0.2) is 27.0 Å². The number of hydrogen-bond acceptors (Lipinski definition) is 6. The zero-order chi connectivity index (χ0) is 15.3. The van der Waals surface area contributed by atoms with Crippen LogP contribution in [0.4, 0.5) is 0 Å². The Morgan fingerprint density at radius 3 is 2.71 bits per heavy atom. The number of aryl methyl sites for hydroxylation is 1. The van der Waals surface area contributed by atoms with E-state index in [0.717, 1.165) is 34.1 Å². The first kappa shape index (κ1) is 16.6. The molecule has 0 amide bonds. The van der Waals surface area contributed by atoms with Crippen LogP contribution in [0.5, 0.6) is 0 Å². The van der Waals surface area contributed by atoms with Gasteiger partial charge in [-0.1, -0.05) is 6.92 Å². The van der Waals surface area contributed by atoms with Gasteiger partial charge in [-0.2, -0.15) is 0 Å². The molecule has 8 heteroatoms. The van der Waals surface area contributed by atoms with Gasteiger partial charge in [-0.25, -0.2) is 18.1 Å². The van der Waals surface area contributed by atoms with Crippen LogP contribution in [0.3, 0.4) is 0 Å². The average molecular weight is 346 g/mol. The van der Waals surface area contributed by atoms with E-state index in [4.69, 9.17) is 0 Å². The normalized spacial score (nSPS) is 11.9. The zero-order valence-electron chi connectivity index (χ0n) is 12.0. The van der Waals surface area contributed by atoms with Crippen molar-refractivity contribution in [3.8, 4) is 0 Å². The molecule has 0 aliphatic rings. The molecule has 21 heavy (non-hydrogen) atoms. The number of thiophene rings is 1. The number of hydrogen-bond donors (Lipinski definition) is 2. The molecule has 0 unspecified atom stereocenters. The Morgan fingerprint density at radius 1 is 1.24 bits per heavy atom. The van der Waals surface area contributed by atoms with E-state index in [9.17, 15) is 8.42 Å². The molecule has 0 saturated carbocycles. The van der Waals surface area contributed by atoms with Crippen molar-refractivity contribution in [2.45, 2.75) is 30.5 Å². The van der Waals surface area contributed by atoms with Gasteiger partial charge in [0.2, 0.25) is 10.0 Å². The molecule has 0 aliphatic heterocycles. The van der Waals surface area contributed by atoms with Gasteiger partial charge in [-0.3, -0.25) is 0 Å². The molecule has 0 atom stereocenters. The molecular formula is C13H19N3O2S3. The average Bonchev–Trinajstić information content (AvgIpc) is 3.12. The quantitative estimate of drug-likeness (QED) is 0.768. The number of nitrogens with one attached hydrogen (secondary N) is 2. The largest absolute Gasteiger partial charge is 0.319 e. The maximum atomic E-state index is 12.2. The Bertz CT molecular complexity index is 676. The number of likely N-dealkylation sites (N-methyl/N-ethyl adjacent to an activating group) is 1. The third kappa shape index (κ3) is 4.58. The fraction of sp³-hybridized carbons (Fsp3) is 0.462. The highest BCUT2D eigenvalue weighted by molar-refractivity contribution is 7.91. The lowest BCUT2D eigenvalue weighted by Gasteiger charge is -2.02. The molecule has 0 spiro atoms. The number of thiazole rings is 1. The van der Waals surface area contributed by atoms with E-state index in [1.165, 1.54) is 11.3 Å². The van der Waals surface area contributed by atoms with Gasteiger partial charge < -0.3 is 5.32 Å². The summed E-state index contributed by atoms with van der Waals surface area (Å²) < 4.78 is 27.4. The minimum absolute atomic E-state index is 0.247. The Kier molecular flexibility index (Phi) is 5.88. The van der Waals surface area contributed by atoms with E-state index in [-0.39, 0.29) is 6.54 Å². The van der Waals surface area contributed by atoms with Gasteiger partial charge in [0, 0.05) is 16.0 Å². The summed E-state index contributed by atoms with van der Waals surface area (Å²) in [6.07, 6.45) is 3.56. The molecule has 0 bridgehead atoms. The number of sulfonamides is 1. The fourth-order valence-electron chi connectivity index (χ4n) is 1.71. The van der Waals surface area contributed by atoms with Crippen molar-refractivity contribution < 1.29 is 8.42 Å². The summed E-state index contributed by atoms with van der Waals surface area (Å²) in [6, 6.07) is 3.53. The van der Waals surface area contributed by atoms with Crippen LogP contribution in [-0.2, 0) is 29.4 Å². The van der Waals surface area contributed by atoms with Crippen molar-refractivity contribution in [3.63, 3.8) is 0 Å². The molecule has 0 aliphatic carbocycles. The van der Waals surface area contributed by atoms with Crippen LogP contribution in [0.2, 0.25) is 0 Å². The summed E-state index contributed by atoms with van der Waals surface area (Å²) in [5, 5.41) is 3.85. The molecule has 2 aromatic rings. The van der Waals surface area contributed by atoms with E-state index in [2.05, 4.69) is 21.9 Å². The summed E-state index contributed by atoms with van der Waals surface area (Å²) in [6.45, 7) is 3.14. The van der Waals surface area contributed by atoms with Crippen molar-refractivity contribution >= 4 is 32.7 Å². The predicted molar refractivity (Wildman–Crippen MR) is 87.5 cm³/mol. The van der Waals surface area contributed by atoms with Gasteiger partial charge in [0.25, 0.3) is 0 Å². The number of rotatable bonds is 8. The van der Waals surface area contributed by atoms with E-state index in [1.54, 1.807) is 23.6 Å². The third-order valence-corrected chi connectivity index (χ3v) is 7.07. The lowest BCUT2D eigenvalue weighted by Crippen LogP contribution is -2.22. The maximum absolute atomic E-state index is 12.2. The van der Waals surface area contributed by atoms with Crippen molar-refractivity contribution in [1.82, 2.24) is 15.0 Å². The van der Waals surface area contributed by atoms with E-state index < -0.39 is 10.0 Å². The van der Waals surface area contributed by atoms with Crippen LogP contribution >= 0.6 is 22.7 Å². The fourth-order valence-corrected chi connectivity index (χ4v) is 4.99. The van der Waals surface area contributed by atoms with Crippen LogP contribution in [0.25, 0.3) is 0 Å². The lowest BCUT2D eigenvalue weighted by molar-refractivity contribution is 0.583. The number of aromatic nitrogens is 1. The van der Waals surface area contributed by atoms with Gasteiger partial charge in [0.1, 0.15) is 9.22 Å². The first-order valence-electron chi connectivity index (χ1n) is 6.71. The summed E-state index contributed by atoms with van der Waals surface area (Å²) in [5.41, 5.74) is 0. The number of nitrogens with zero attached hydrogens (tertiary/aromatic N) is 1.